The van der Waals surface area contributed by atoms with Gasteiger partial charge < -0.3 is 14.2 Å². The predicted octanol–water partition coefficient (Wildman–Crippen LogP) is 5.85. The highest BCUT2D eigenvalue weighted by Crippen LogP contribution is 2.20. The SMILES string of the molecule is C=CCN(CC(=O)N(CCc1ccccc1)Cc1ccco1)C(=O)c1ccc(-c2ccccc2)cc1. The number of carbonyl (C=O) groups excluding carboxylic acids is 2. The Morgan fingerprint density at radius 1 is 0.778 bits per heavy atom. The lowest BCUT2D eigenvalue weighted by Crippen LogP contribution is -2.43. The zero-order valence-electron chi connectivity index (χ0n) is 20.3. The Morgan fingerprint density at radius 3 is 2.08 bits per heavy atom. The second-order valence-corrected chi connectivity index (χ2v) is 8.55. The van der Waals surface area contributed by atoms with E-state index in [1.165, 1.54) is 4.90 Å². The standard InChI is InChI=1S/C31H30N2O3/c1-2-20-33(31(35)28-17-15-27(16-18-28)26-12-7-4-8-13-26)24-30(34)32(23-29-14-9-22-36-29)21-19-25-10-5-3-6-11-25/h2-18,22H,1,19-21,23-24H2. The van der Waals surface area contributed by atoms with Crippen LogP contribution in [-0.4, -0.2) is 41.2 Å². The lowest BCUT2D eigenvalue weighted by Gasteiger charge is -2.27. The third kappa shape index (κ3) is 6.60. The zero-order valence-corrected chi connectivity index (χ0v) is 20.3. The molecular weight excluding hydrogens is 448 g/mol. The molecule has 182 valence electrons. The van der Waals surface area contributed by atoms with Gasteiger partial charge in [0.25, 0.3) is 5.91 Å². The summed E-state index contributed by atoms with van der Waals surface area (Å²) in [7, 11) is 0. The van der Waals surface area contributed by atoms with E-state index in [4.69, 9.17) is 4.42 Å². The largest absolute Gasteiger partial charge is 0.467 e. The van der Waals surface area contributed by atoms with Gasteiger partial charge in [0.15, 0.2) is 0 Å². The number of hydrogen-bond acceptors (Lipinski definition) is 3. The van der Waals surface area contributed by atoms with Crippen molar-refractivity contribution in [3.8, 4) is 11.1 Å². The lowest BCUT2D eigenvalue weighted by atomic mass is 10.0. The van der Waals surface area contributed by atoms with E-state index in [2.05, 4.69) is 6.58 Å². The summed E-state index contributed by atoms with van der Waals surface area (Å²) in [6.07, 6.45) is 3.95. The minimum absolute atomic E-state index is 0.0409. The number of carbonyl (C=O) groups is 2. The molecule has 5 heteroatoms. The van der Waals surface area contributed by atoms with Gasteiger partial charge in [-0.3, -0.25) is 9.59 Å². The maximum atomic E-state index is 13.4. The van der Waals surface area contributed by atoms with Crippen molar-refractivity contribution >= 4 is 11.8 Å². The van der Waals surface area contributed by atoms with E-state index in [0.29, 0.717) is 30.8 Å². The molecule has 0 unspecified atom stereocenters. The normalized spacial score (nSPS) is 10.6. The van der Waals surface area contributed by atoms with E-state index in [-0.39, 0.29) is 24.9 Å². The summed E-state index contributed by atoms with van der Waals surface area (Å²) in [6.45, 7) is 4.89. The van der Waals surface area contributed by atoms with Crippen LogP contribution in [-0.2, 0) is 17.8 Å². The van der Waals surface area contributed by atoms with Crippen molar-refractivity contribution in [2.75, 3.05) is 19.6 Å². The topological polar surface area (TPSA) is 53.8 Å². The van der Waals surface area contributed by atoms with Crippen LogP contribution in [0.1, 0.15) is 21.7 Å². The van der Waals surface area contributed by atoms with Gasteiger partial charge in [-0.15, -0.1) is 6.58 Å². The summed E-state index contributed by atoms with van der Waals surface area (Å²) in [6, 6.07) is 31.2. The highest BCUT2D eigenvalue weighted by Gasteiger charge is 2.22. The molecular formula is C31H30N2O3. The van der Waals surface area contributed by atoms with Crippen molar-refractivity contribution in [2.45, 2.75) is 13.0 Å². The Bertz CT molecular complexity index is 1250. The molecule has 4 rings (SSSR count). The smallest absolute Gasteiger partial charge is 0.254 e. The molecule has 0 aliphatic heterocycles. The number of rotatable bonds is 11. The Balaban J connectivity index is 1.47. The number of nitrogens with zero attached hydrogens (tertiary/aromatic N) is 2. The molecule has 0 aliphatic carbocycles. The van der Waals surface area contributed by atoms with Gasteiger partial charge >= 0.3 is 0 Å². The summed E-state index contributed by atoms with van der Waals surface area (Å²) in [5, 5.41) is 0. The molecule has 1 aromatic heterocycles. The molecule has 2 amide bonds. The first kappa shape index (κ1) is 24.7. The van der Waals surface area contributed by atoms with Gasteiger partial charge in [-0.25, -0.2) is 0 Å². The minimum Gasteiger partial charge on any atom is -0.467 e. The van der Waals surface area contributed by atoms with E-state index >= 15 is 0 Å². The Kier molecular flexibility index (Phi) is 8.49. The molecule has 0 N–H and O–H groups in total. The van der Waals surface area contributed by atoms with Crippen LogP contribution in [0.25, 0.3) is 11.1 Å². The fourth-order valence-corrected chi connectivity index (χ4v) is 4.05. The van der Waals surface area contributed by atoms with Gasteiger partial charge in [-0.2, -0.15) is 0 Å². The molecule has 0 bridgehead atoms. The van der Waals surface area contributed by atoms with Gasteiger partial charge in [-0.1, -0.05) is 78.9 Å². The average Bonchev–Trinajstić information content (AvgIpc) is 3.45. The number of hydrogen-bond donors (Lipinski definition) is 0. The van der Waals surface area contributed by atoms with Crippen molar-refractivity contribution in [3.63, 3.8) is 0 Å². The van der Waals surface area contributed by atoms with Crippen LogP contribution in [0.5, 0.6) is 0 Å². The number of amides is 2. The highest BCUT2D eigenvalue weighted by molar-refractivity contribution is 5.97. The van der Waals surface area contributed by atoms with Gasteiger partial charge in [0.2, 0.25) is 5.91 Å². The summed E-state index contributed by atoms with van der Waals surface area (Å²) in [4.78, 5) is 30.0. The summed E-state index contributed by atoms with van der Waals surface area (Å²) < 4.78 is 5.49. The van der Waals surface area contributed by atoms with Crippen molar-refractivity contribution in [1.29, 1.82) is 0 Å². The third-order valence-corrected chi connectivity index (χ3v) is 5.99. The number of benzene rings is 3. The van der Waals surface area contributed by atoms with Crippen molar-refractivity contribution < 1.29 is 14.0 Å². The van der Waals surface area contributed by atoms with Crippen LogP contribution in [0, 0.1) is 0 Å². The van der Waals surface area contributed by atoms with Gasteiger partial charge in [0, 0.05) is 18.7 Å². The van der Waals surface area contributed by atoms with Gasteiger partial charge in [-0.05, 0) is 47.4 Å². The van der Waals surface area contributed by atoms with E-state index < -0.39 is 0 Å². The monoisotopic (exact) mass is 478 g/mol. The van der Waals surface area contributed by atoms with Crippen LogP contribution in [0.2, 0.25) is 0 Å². The maximum absolute atomic E-state index is 13.4. The molecule has 0 radical (unpaired) electrons. The molecule has 0 saturated heterocycles. The summed E-state index contributed by atoms with van der Waals surface area (Å²) in [5.74, 6) is 0.358. The lowest BCUT2D eigenvalue weighted by molar-refractivity contribution is -0.132. The fraction of sp³-hybridized carbons (Fsp3) is 0.161. The second kappa shape index (κ2) is 12.4. The zero-order chi connectivity index (χ0) is 25.2. The summed E-state index contributed by atoms with van der Waals surface area (Å²) in [5.41, 5.74) is 3.80. The number of furan rings is 1. The second-order valence-electron chi connectivity index (χ2n) is 8.55. The van der Waals surface area contributed by atoms with Crippen molar-refractivity contribution in [2.24, 2.45) is 0 Å². The highest BCUT2D eigenvalue weighted by atomic mass is 16.3. The predicted molar refractivity (Wildman–Crippen MR) is 142 cm³/mol. The quantitative estimate of drug-likeness (QED) is 0.254. The molecule has 36 heavy (non-hydrogen) atoms. The fourth-order valence-electron chi connectivity index (χ4n) is 4.05. The van der Waals surface area contributed by atoms with Gasteiger partial charge in [0.05, 0.1) is 12.8 Å². The van der Waals surface area contributed by atoms with Crippen molar-refractivity contribution in [3.05, 3.63) is 133 Å². The van der Waals surface area contributed by atoms with Crippen LogP contribution < -0.4 is 0 Å². The van der Waals surface area contributed by atoms with Crippen molar-refractivity contribution in [1.82, 2.24) is 9.80 Å². The van der Waals surface area contributed by atoms with Crippen LogP contribution in [0.15, 0.2) is 120 Å². The molecule has 0 spiro atoms. The van der Waals surface area contributed by atoms with Gasteiger partial charge in [0.1, 0.15) is 12.3 Å². The van der Waals surface area contributed by atoms with E-state index in [1.807, 2.05) is 84.9 Å². The first-order chi connectivity index (χ1) is 17.6. The van der Waals surface area contributed by atoms with E-state index in [1.54, 1.807) is 29.4 Å². The molecule has 5 nitrogen and oxygen atoms in total. The Labute approximate surface area is 212 Å². The molecule has 1 heterocycles. The molecule has 0 atom stereocenters. The first-order valence-electron chi connectivity index (χ1n) is 12.0. The minimum atomic E-state index is -0.205. The van der Waals surface area contributed by atoms with Crippen LogP contribution in [0.3, 0.4) is 0 Å². The Hall–Kier alpha value is -4.38. The van der Waals surface area contributed by atoms with Crippen LogP contribution in [0.4, 0.5) is 0 Å². The van der Waals surface area contributed by atoms with E-state index in [9.17, 15) is 9.59 Å². The summed E-state index contributed by atoms with van der Waals surface area (Å²) >= 11 is 0. The average molecular weight is 479 g/mol. The third-order valence-electron chi connectivity index (χ3n) is 5.99. The molecule has 0 fully saturated rings. The molecule has 4 aromatic rings. The maximum Gasteiger partial charge on any atom is 0.254 e. The molecule has 3 aromatic carbocycles. The molecule has 0 saturated carbocycles. The first-order valence-corrected chi connectivity index (χ1v) is 12.0. The molecule has 0 aliphatic rings. The van der Waals surface area contributed by atoms with Crippen LogP contribution >= 0.6 is 0 Å². The Morgan fingerprint density at radius 2 is 1.44 bits per heavy atom. The van der Waals surface area contributed by atoms with E-state index in [0.717, 1.165) is 16.7 Å².